The molecule has 0 atom stereocenters. The average molecular weight is 306 g/mol. The van der Waals surface area contributed by atoms with Crippen LogP contribution in [0.2, 0.25) is 0 Å². The van der Waals surface area contributed by atoms with Gasteiger partial charge < -0.3 is 4.90 Å². The summed E-state index contributed by atoms with van der Waals surface area (Å²) in [5.74, 6) is 0.713. The van der Waals surface area contributed by atoms with Crippen molar-refractivity contribution in [1.82, 2.24) is 9.88 Å². The van der Waals surface area contributed by atoms with Crippen LogP contribution in [0.4, 0.5) is 0 Å². The minimum atomic E-state index is 0.185. The second-order valence-corrected chi connectivity index (χ2v) is 7.42. The largest absolute Gasteiger partial charge is 0.338 e. The van der Waals surface area contributed by atoms with Gasteiger partial charge >= 0.3 is 0 Å². The van der Waals surface area contributed by atoms with Crippen molar-refractivity contribution in [2.45, 2.75) is 32.6 Å². The molecule has 0 bridgehead atoms. The first-order chi connectivity index (χ1) is 9.65. The fourth-order valence-corrected chi connectivity index (χ4v) is 4.34. The third kappa shape index (κ3) is 2.65. The van der Waals surface area contributed by atoms with E-state index in [1.54, 1.807) is 0 Å². The van der Waals surface area contributed by atoms with Crippen molar-refractivity contribution in [3.63, 3.8) is 0 Å². The summed E-state index contributed by atoms with van der Waals surface area (Å²) >= 11 is 3.34. The normalized spacial score (nSPS) is 16.6. The van der Waals surface area contributed by atoms with Crippen molar-refractivity contribution >= 4 is 28.6 Å². The molecule has 0 aliphatic carbocycles. The molecule has 1 aliphatic heterocycles. The first-order valence-electron chi connectivity index (χ1n) is 6.92. The van der Waals surface area contributed by atoms with E-state index in [-0.39, 0.29) is 5.91 Å². The summed E-state index contributed by atoms with van der Waals surface area (Å²) in [6, 6.07) is 3.85. The minimum Gasteiger partial charge on any atom is -0.338 e. The van der Waals surface area contributed by atoms with E-state index < -0.39 is 0 Å². The molecular weight excluding hydrogens is 288 g/mol. The molecule has 1 amide bonds. The molecule has 0 radical (unpaired) electrons. The molecular formula is C15H18N2OS2. The molecule has 1 fully saturated rings. The number of aryl methyl sites for hydroxylation is 2. The van der Waals surface area contributed by atoms with Crippen LogP contribution in [-0.4, -0.2) is 28.9 Å². The number of rotatable bonds is 2. The van der Waals surface area contributed by atoms with E-state index >= 15 is 0 Å². The van der Waals surface area contributed by atoms with E-state index in [9.17, 15) is 4.79 Å². The molecule has 5 heteroatoms. The van der Waals surface area contributed by atoms with Crippen LogP contribution in [0, 0.1) is 13.8 Å². The van der Waals surface area contributed by atoms with Gasteiger partial charge in [0.05, 0.1) is 15.6 Å². The molecule has 2 aromatic rings. The zero-order chi connectivity index (χ0) is 14.1. The molecule has 3 rings (SSSR count). The number of amides is 1. The fraction of sp³-hybridized carbons (Fsp3) is 0.467. The summed E-state index contributed by atoms with van der Waals surface area (Å²) in [6.45, 7) is 5.90. The number of piperidine rings is 1. The number of carbonyl (C=O) groups excluding carboxylic acids is 1. The fourth-order valence-electron chi connectivity index (χ4n) is 2.56. The van der Waals surface area contributed by atoms with Crippen molar-refractivity contribution in [1.29, 1.82) is 0 Å². The summed E-state index contributed by atoms with van der Waals surface area (Å²) in [6.07, 6.45) is 2.06. The van der Waals surface area contributed by atoms with Crippen molar-refractivity contribution < 1.29 is 4.79 Å². The zero-order valence-corrected chi connectivity index (χ0v) is 13.4. The van der Waals surface area contributed by atoms with E-state index in [0.29, 0.717) is 5.92 Å². The number of carbonyl (C=O) groups is 1. The number of thiophene rings is 1. The van der Waals surface area contributed by atoms with Gasteiger partial charge in [0, 0.05) is 23.9 Å². The lowest BCUT2D eigenvalue weighted by atomic mass is 9.97. The molecule has 106 valence electrons. The zero-order valence-electron chi connectivity index (χ0n) is 11.8. The molecule has 1 aliphatic rings. The van der Waals surface area contributed by atoms with E-state index in [4.69, 9.17) is 0 Å². The van der Waals surface area contributed by atoms with Gasteiger partial charge in [-0.1, -0.05) is 6.07 Å². The Labute approximate surface area is 127 Å². The summed E-state index contributed by atoms with van der Waals surface area (Å²) in [5, 5.41) is 3.21. The van der Waals surface area contributed by atoms with Crippen molar-refractivity contribution in [3.8, 4) is 0 Å². The Kier molecular flexibility index (Phi) is 3.89. The van der Waals surface area contributed by atoms with Crippen molar-refractivity contribution in [3.05, 3.63) is 38.0 Å². The monoisotopic (exact) mass is 306 g/mol. The van der Waals surface area contributed by atoms with Gasteiger partial charge in [0.25, 0.3) is 5.91 Å². The highest BCUT2D eigenvalue weighted by molar-refractivity contribution is 7.12. The highest BCUT2D eigenvalue weighted by Crippen LogP contribution is 2.32. The van der Waals surface area contributed by atoms with Crippen LogP contribution < -0.4 is 0 Å². The van der Waals surface area contributed by atoms with Gasteiger partial charge in [-0.2, -0.15) is 0 Å². The topological polar surface area (TPSA) is 33.2 Å². The average Bonchev–Trinajstić information content (AvgIpc) is 3.09. The summed E-state index contributed by atoms with van der Waals surface area (Å²) in [7, 11) is 0. The van der Waals surface area contributed by atoms with Crippen molar-refractivity contribution in [2.75, 3.05) is 13.1 Å². The first-order valence-corrected chi connectivity index (χ1v) is 8.61. The predicted molar refractivity (Wildman–Crippen MR) is 83.8 cm³/mol. The number of nitrogens with zero attached hydrogens (tertiary/aromatic N) is 2. The Morgan fingerprint density at radius 2 is 2.10 bits per heavy atom. The van der Waals surface area contributed by atoms with E-state index in [1.807, 2.05) is 33.7 Å². The molecule has 2 aromatic heterocycles. The van der Waals surface area contributed by atoms with Gasteiger partial charge in [0.1, 0.15) is 0 Å². The third-order valence-electron chi connectivity index (χ3n) is 3.91. The van der Waals surface area contributed by atoms with Gasteiger partial charge in [0.15, 0.2) is 0 Å². The molecule has 0 saturated carbocycles. The summed E-state index contributed by atoms with van der Waals surface area (Å²) in [4.78, 5) is 21.1. The molecule has 0 spiro atoms. The Hall–Kier alpha value is -1.20. The van der Waals surface area contributed by atoms with Gasteiger partial charge in [-0.05, 0) is 38.1 Å². The second-order valence-electron chi connectivity index (χ2n) is 5.24. The number of aromatic nitrogens is 1. The Bertz CT molecular complexity index is 576. The van der Waals surface area contributed by atoms with Crippen LogP contribution >= 0.6 is 22.7 Å². The standard InChI is InChI=1S/C15H18N2OS2/c1-10-11(2)20-14(16-10)12-5-7-17(8-6-12)15(18)13-4-3-9-19-13/h3-4,9,12H,5-8H2,1-2H3. The molecule has 3 heterocycles. The molecule has 1 saturated heterocycles. The Morgan fingerprint density at radius 1 is 1.35 bits per heavy atom. The van der Waals surface area contributed by atoms with Gasteiger partial charge in [0.2, 0.25) is 0 Å². The molecule has 0 unspecified atom stereocenters. The smallest absolute Gasteiger partial charge is 0.263 e. The lowest BCUT2D eigenvalue weighted by Crippen LogP contribution is -2.37. The number of likely N-dealkylation sites (tertiary alicyclic amines) is 1. The van der Waals surface area contributed by atoms with E-state index in [0.717, 1.165) is 36.5 Å². The maximum atomic E-state index is 12.3. The van der Waals surface area contributed by atoms with Gasteiger partial charge in [-0.15, -0.1) is 22.7 Å². The molecule has 20 heavy (non-hydrogen) atoms. The number of thiazole rings is 1. The van der Waals surface area contributed by atoms with Crippen LogP contribution in [0.3, 0.4) is 0 Å². The second kappa shape index (κ2) is 5.66. The minimum absolute atomic E-state index is 0.185. The van der Waals surface area contributed by atoms with Crippen LogP contribution in [0.5, 0.6) is 0 Å². The lowest BCUT2D eigenvalue weighted by molar-refractivity contribution is 0.0718. The van der Waals surface area contributed by atoms with E-state index in [2.05, 4.69) is 18.8 Å². The van der Waals surface area contributed by atoms with Gasteiger partial charge in [-0.25, -0.2) is 4.98 Å². The predicted octanol–water partition coefficient (Wildman–Crippen LogP) is 3.84. The van der Waals surface area contributed by atoms with Gasteiger partial charge in [-0.3, -0.25) is 4.79 Å². The SMILES string of the molecule is Cc1nc(C2CCN(C(=O)c3cccs3)CC2)sc1C. The molecule has 0 aromatic carbocycles. The van der Waals surface area contributed by atoms with Crippen LogP contribution in [0.25, 0.3) is 0 Å². The van der Waals surface area contributed by atoms with Crippen LogP contribution in [0.15, 0.2) is 17.5 Å². The van der Waals surface area contributed by atoms with Crippen molar-refractivity contribution in [2.24, 2.45) is 0 Å². The molecule has 0 N–H and O–H groups in total. The lowest BCUT2D eigenvalue weighted by Gasteiger charge is -2.30. The van der Waals surface area contributed by atoms with E-state index in [1.165, 1.54) is 21.2 Å². The number of hydrogen-bond acceptors (Lipinski definition) is 4. The summed E-state index contributed by atoms with van der Waals surface area (Å²) < 4.78 is 0. The number of hydrogen-bond donors (Lipinski definition) is 0. The Balaban J connectivity index is 1.63. The van der Waals surface area contributed by atoms with Crippen LogP contribution in [0.1, 0.15) is 44.0 Å². The quantitative estimate of drug-likeness (QED) is 0.844. The van der Waals surface area contributed by atoms with Crippen LogP contribution in [-0.2, 0) is 0 Å². The maximum Gasteiger partial charge on any atom is 0.263 e. The third-order valence-corrected chi connectivity index (χ3v) is 6.00. The summed E-state index contributed by atoms with van der Waals surface area (Å²) in [5.41, 5.74) is 1.15. The first kappa shape index (κ1) is 13.8. The maximum absolute atomic E-state index is 12.3. The highest BCUT2D eigenvalue weighted by Gasteiger charge is 2.26. The highest BCUT2D eigenvalue weighted by atomic mass is 32.1. The molecule has 3 nitrogen and oxygen atoms in total. The Morgan fingerprint density at radius 3 is 2.65 bits per heavy atom.